The summed E-state index contributed by atoms with van der Waals surface area (Å²) >= 11 is 5.74. The first-order valence-electron chi connectivity index (χ1n) is 6.96. The van der Waals surface area contributed by atoms with Crippen molar-refractivity contribution in [2.24, 2.45) is 0 Å². The molecule has 0 aliphatic rings. The molecular weight excluding hydrogens is 346 g/mol. The topological polar surface area (TPSA) is 105 Å². The van der Waals surface area contributed by atoms with Crippen molar-refractivity contribution in [3.05, 3.63) is 68.7 Å². The van der Waals surface area contributed by atoms with Crippen molar-refractivity contribution in [3.63, 3.8) is 0 Å². The van der Waals surface area contributed by atoms with E-state index in [9.17, 15) is 20.2 Å². The molecule has 8 heteroatoms. The highest BCUT2D eigenvalue weighted by molar-refractivity contribution is 6.32. The van der Waals surface area contributed by atoms with Crippen molar-refractivity contribution in [2.45, 2.75) is 0 Å². The molecule has 1 amide bonds. The smallest absolute Gasteiger partial charge is 0.288 e. The van der Waals surface area contributed by atoms with Crippen LogP contribution >= 0.6 is 11.6 Å². The fourth-order valence-corrected chi connectivity index (χ4v) is 2.20. The number of para-hydroxylation sites is 2. The highest BCUT2D eigenvalue weighted by Crippen LogP contribution is 2.27. The number of nitro groups is 1. The van der Waals surface area contributed by atoms with E-state index in [1.54, 1.807) is 30.3 Å². The zero-order valence-corrected chi connectivity index (χ0v) is 13.8. The van der Waals surface area contributed by atoms with E-state index in [4.69, 9.17) is 16.3 Å². The molecule has 0 aliphatic carbocycles. The van der Waals surface area contributed by atoms with Crippen LogP contribution in [0.3, 0.4) is 0 Å². The van der Waals surface area contributed by atoms with Gasteiger partial charge in [0.05, 0.1) is 17.7 Å². The molecular formula is C17H12ClN3O4. The van der Waals surface area contributed by atoms with E-state index in [1.807, 2.05) is 0 Å². The van der Waals surface area contributed by atoms with E-state index >= 15 is 0 Å². The third kappa shape index (κ3) is 4.34. The van der Waals surface area contributed by atoms with Gasteiger partial charge in [0.15, 0.2) is 0 Å². The first-order chi connectivity index (χ1) is 12.0. The van der Waals surface area contributed by atoms with Crippen LogP contribution in [0.2, 0.25) is 5.02 Å². The number of halogens is 1. The molecule has 7 nitrogen and oxygen atoms in total. The summed E-state index contributed by atoms with van der Waals surface area (Å²) < 4.78 is 5.13. The average Bonchev–Trinajstić information content (AvgIpc) is 2.61. The van der Waals surface area contributed by atoms with Gasteiger partial charge in [-0.3, -0.25) is 14.9 Å². The maximum atomic E-state index is 12.3. The van der Waals surface area contributed by atoms with E-state index in [0.29, 0.717) is 17.0 Å². The summed E-state index contributed by atoms with van der Waals surface area (Å²) in [5.74, 6) is -0.222. The Morgan fingerprint density at radius 1 is 1.36 bits per heavy atom. The summed E-state index contributed by atoms with van der Waals surface area (Å²) in [4.78, 5) is 22.6. The number of nitrogens with one attached hydrogen (secondary N) is 1. The Bertz CT molecular complexity index is 903. The lowest BCUT2D eigenvalue weighted by molar-refractivity contribution is -0.384. The minimum absolute atomic E-state index is 0.0286. The largest absolute Gasteiger partial charge is 0.495 e. The van der Waals surface area contributed by atoms with Gasteiger partial charge in [0, 0.05) is 6.07 Å². The van der Waals surface area contributed by atoms with E-state index in [2.05, 4.69) is 5.32 Å². The number of nitrogens with zero attached hydrogens (tertiary/aromatic N) is 2. The molecule has 126 valence electrons. The number of rotatable bonds is 5. The van der Waals surface area contributed by atoms with Crippen molar-refractivity contribution >= 4 is 35.0 Å². The van der Waals surface area contributed by atoms with Gasteiger partial charge in [0.25, 0.3) is 11.6 Å². The van der Waals surface area contributed by atoms with Gasteiger partial charge >= 0.3 is 0 Å². The predicted molar refractivity (Wildman–Crippen MR) is 93.3 cm³/mol. The Morgan fingerprint density at radius 2 is 2.08 bits per heavy atom. The van der Waals surface area contributed by atoms with Gasteiger partial charge in [-0.1, -0.05) is 29.8 Å². The maximum Gasteiger partial charge on any atom is 0.288 e. The van der Waals surface area contributed by atoms with Crippen LogP contribution in [0, 0.1) is 21.4 Å². The first-order valence-corrected chi connectivity index (χ1v) is 7.34. The molecule has 0 fully saturated rings. The molecule has 1 N–H and O–H groups in total. The summed E-state index contributed by atoms with van der Waals surface area (Å²) in [6, 6.07) is 12.5. The van der Waals surface area contributed by atoms with Crippen LogP contribution in [0.5, 0.6) is 5.75 Å². The van der Waals surface area contributed by atoms with Crippen LogP contribution in [-0.2, 0) is 4.79 Å². The number of amides is 1. The van der Waals surface area contributed by atoms with Crippen molar-refractivity contribution in [2.75, 3.05) is 12.4 Å². The molecule has 0 aromatic heterocycles. The zero-order valence-electron chi connectivity index (χ0n) is 13.0. The van der Waals surface area contributed by atoms with Crippen LogP contribution in [-0.4, -0.2) is 17.9 Å². The highest BCUT2D eigenvalue weighted by Gasteiger charge is 2.15. The average molecular weight is 358 g/mol. The van der Waals surface area contributed by atoms with Gasteiger partial charge in [-0.05, 0) is 29.8 Å². The Hall–Kier alpha value is -3.37. The summed E-state index contributed by atoms with van der Waals surface area (Å²) in [5.41, 5.74) is 0.182. The highest BCUT2D eigenvalue weighted by atomic mass is 35.5. The Morgan fingerprint density at radius 3 is 2.72 bits per heavy atom. The molecule has 0 saturated heterocycles. The molecule has 0 unspecified atom stereocenters. The molecule has 0 atom stereocenters. The van der Waals surface area contributed by atoms with Gasteiger partial charge in [-0.25, -0.2) is 0 Å². The lowest BCUT2D eigenvalue weighted by atomic mass is 10.1. The summed E-state index contributed by atoms with van der Waals surface area (Å²) in [5, 5.41) is 22.7. The van der Waals surface area contributed by atoms with Gasteiger partial charge in [0.1, 0.15) is 22.4 Å². The molecule has 0 heterocycles. The second-order valence-corrected chi connectivity index (χ2v) is 5.20. The van der Waals surface area contributed by atoms with Gasteiger partial charge < -0.3 is 10.1 Å². The molecule has 2 rings (SSSR count). The number of nitro benzene ring substituents is 1. The molecule has 25 heavy (non-hydrogen) atoms. The van der Waals surface area contributed by atoms with Gasteiger partial charge in [0.2, 0.25) is 0 Å². The maximum absolute atomic E-state index is 12.3. The third-order valence-electron chi connectivity index (χ3n) is 3.20. The number of benzene rings is 2. The summed E-state index contributed by atoms with van der Waals surface area (Å²) in [6.45, 7) is 0. The number of nitriles is 1. The number of hydrogen-bond acceptors (Lipinski definition) is 5. The fraction of sp³-hybridized carbons (Fsp3) is 0.0588. The Kier molecular flexibility index (Phi) is 5.71. The lowest BCUT2D eigenvalue weighted by Gasteiger charge is -2.09. The van der Waals surface area contributed by atoms with Crippen molar-refractivity contribution in [1.29, 1.82) is 5.26 Å². The number of carbonyl (C=O) groups excluding carboxylic acids is 1. The Labute approximate surface area is 148 Å². The molecule has 0 spiro atoms. The van der Waals surface area contributed by atoms with E-state index in [1.165, 1.54) is 31.4 Å². The first kappa shape index (κ1) is 18.0. The van der Waals surface area contributed by atoms with Crippen molar-refractivity contribution < 1.29 is 14.5 Å². The van der Waals surface area contributed by atoms with E-state index < -0.39 is 10.8 Å². The minimum Gasteiger partial charge on any atom is -0.495 e. The molecule has 2 aromatic rings. The normalized spacial score (nSPS) is 10.7. The monoisotopic (exact) mass is 357 g/mol. The van der Waals surface area contributed by atoms with Crippen molar-refractivity contribution in [3.8, 4) is 11.8 Å². The molecule has 0 aliphatic heterocycles. The van der Waals surface area contributed by atoms with Crippen LogP contribution in [0.25, 0.3) is 6.08 Å². The second-order valence-electron chi connectivity index (χ2n) is 4.79. The fourth-order valence-electron chi connectivity index (χ4n) is 2.01. The lowest BCUT2D eigenvalue weighted by Crippen LogP contribution is -2.14. The van der Waals surface area contributed by atoms with Crippen molar-refractivity contribution in [1.82, 2.24) is 0 Å². The Balaban J connectivity index is 2.31. The number of hydrogen-bond donors (Lipinski definition) is 1. The second kappa shape index (κ2) is 7.95. The van der Waals surface area contributed by atoms with Crippen LogP contribution < -0.4 is 10.1 Å². The molecule has 0 radical (unpaired) electrons. The van der Waals surface area contributed by atoms with Crippen LogP contribution in [0.15, 0.2) is 48.0 Å². The number of carbonyl (C=O) groups is 1. The molecule has 0 saturated carbocycles. The molecule has 2 aromatic carbocycles. The number of ether oxygens (including phenoxy) is 1. The SMILES string of the molecule is COc1ccccc1NC(=O)/C(C#N)=C\c1ccc(Cl)c([N+](=O)[O-])c1. The molecule has 0 bridgehead atoms. The minimum atomic E-state index is -0.662. The van der Waals surface area contributed by atoms with E-state index in [0.717, 1.165) is 0 Å². The number of anilines is 1. The summed E-state index contributed by atoms with van der Waals surface area (Å²) in [7, 11) is 1.46. The zero-order chi connectivity index (χ0) is 18.4. The number of methoxy groups -OCH3 is 1. The third-order valence-corrected chi connectivity index (χ3v) is 3.52. The van der Waals surface area contributed by atoms with Gasteiger partial charge in [-0.2, -0.15) is 5.26 Å². The van der Waals surface area contributed by atoms with Gasteiger partial charge in [-0.15, -0.1) is 0 Å². The summed E-state index contributed by atoms with van der Waals surface area (Å²) in [6.07, 6.45) is 1.24. The standard InChI is InChI=1S/C17H12ClN3O4/c1-25-16-5-3-2-4-14(16)20-17(22)12(10-19)8-11-6-7-13(18)15(9-11)21(23)24/h2-9H,1H3,(H,20,22)/b12-8-. The van der Waals surface area contributed by atoms with E-state index in [-0.39, 0.29) is 16.3 Å². The van der Waals surface area contributed by atoms with Crippen LogP contribution in [0.4, 0.5) is 11.4 Å². The van der Waals surface area contributed by atoms with Crippen LogP contribution in [0.1, 0.15) is 5.56 Å². The predicted octanol–water partition coefficient (Wildman–Crippen LogP) is 3.80. The quantitative estimate of drug-likeness (QED) is 0.379.